The molecule has 0 heterocycles. The van der Waals surface area contributed by atoms with Crippen molar-refractivity contribution in [1.29, 1.82) is 0 Å². The van der Waals surface area contributed by atoms with Crippen molar-refractivity contribution in [2.24, 2.45) is 5.73 Å². The number of amides is 1. The van der Waals surface area contributed by atoms with E-state index in [1.54, 1.807) is 0 Å². The van der Waals surface area contributed by atoms with Crippen LogP contribution < -0.4 is 11.1 Å². The zero-order valence-electron chi connectivity index (χ0n) is 11.5. The summed E-state index contributed by atoms with van der Waals surface area (Å²) in [5.41, 5.74) is 7.68. The summed E-state index contributed by atoms with van der Waals surface area (Å²) in [6.07, 6.45) is -0.439. The van der Waals surface area contributed by atoms with Crippen LogP contribution in [0.3, 0.4) is 0 Å². The summed E-state index contributed by atoms with van der Waals surface area (Å²) in [4.78, 5) is 11.5. The smallest absolute Gasteiger partial charge is 0.407 e. The Morgan fingerprint density at radius 1 is 1.44 bits per heavy atom. The summed E-state index contributed by atoms with van der Waals surface area (Å²) in [5.74, 6) is 0. The molecule has 3 N–H and O–H groups in total. The molecule has 1 atom stereocenters. The fraction of sp³-hybridized carbons (Fsp3) is 0.500. The van der Waals surface area contributed by atoms with E-state index in [4.69, 9.17) is 10.5 Å². The molecule has 0 aliphatic heterocycles. The first kappa shape index (κ1) is 14.5. The Labute approximate surface area is 109 Å². The van der Waals surface area contributed by atoms with Crippen molar-refractivity contribution in [3.05, 3.63) is 35.4 Å². The summed E-state index contributed by atoms with van der Waals surface area (Å²) >= 11 is 0. The molecule has 1 unspecified atom stereocenters. The van der Waals surface area contributed by atoms with Gasteiger partial charge in [0.25, 0.3) is 0 Å². The number of benzene rings is 1. The van der Waals surface area contributed by atoms with Gasteiger partial charge in [0.15, 0.2) is 0 Å². The molecule has 0 aromatic heterocycles. The molecule has 4 heteroatoms. The quantitative estimate of drug-likeness (QED) is 0.866. The van der Waals surface area contributed by atoms with Gasteiger partial charge < -0.3 is 15.8 Å². The minimum absolute atomic E-state index is 0.225. The van der Waals surface area contributed by atoms with Gasteiger partial charge in [0.1, 0.15) is 5.60 Å². The lowest BCUT2D eigenvalue weighted by Gasteiger charge is -2.21. The summed E-state index contributed by atoms with van der Waals surface area (Å²) < 4.78 is 5.14. The van der Waals surface area contributed by atoms with Gasteiger partial charge in [-0.15, -0.1) is 0 Å². The molecule has 0 aliphatic carbocycles. The third-order valence-electron chi connectivity index (χ3n) is 2.34. The number of nitrogens with one attached hydrogen (secondary N) is 1. The van der Waals surface area contributed by atoms with Gasteiger partial charge in [-0.3, -0.25) is 0 Å². The highest BCUT2D eigenvalue weighted by Gasteiger charge is 2.16. The van der Waals surface area contributed by atoms with Crippen molar-refractivity contribution in [3.8, 4) is 0 Å². The van der Waals surface area contributed by atoms with E-state index in [9.17, 15) is 4.79 Å². The Morgan fingerprint density at radius 2 is 2.11 bits per heavy atom. The molecule has 0 saturated carbocycles. The SMILES string of the molecule is Cc1cccc(C(N)CNC(=O)OC(C)(C)C)c1. The maximum absolute atomic E-state index is 11.5. The lowest BCUT2D eigenvalue weighted by Crippen LogP contribution is -2.36. The maximum Gasteiger partial charge on any atom is 0.407 e. The Kier molecular flexibility index (Phi) is 4.73. The highest BCUT2D eigenvalue weighted by atomic mass is 16.6. The fourth-order valence-electron chi connectivity index (χ4n) is 1.53. The molecule has 1 rings (SSSR count). The Morgan fingerprint density at radius 3 is 2.67 bits per heavy atom. The van der Waals surface area contributed by atoms with Crippen molar-refractivity contribution in [3.63, 3.8) is 0 Å². The van der Waals surface area contributed by atoms with E-state index < -0.39 is 11.7 Å². The van der Waals surface area contributed by atoms with Gasteiger partial charge in [-0.2, -0.15) is 0 Å². The lowest BCUT2D eigenvalue weighted by molar-refractivity contribution is 0.0524. The minimum Gasteiger partial charge on any atom is -0.444 e. The molecule has 1 amide bonds. The molecule has 100 valence electrons. The third kappa shape index (κ3) is 5.19. The first-order valence-electron chi connectivity index (χ1n) is 6.07. The van der Waals surface area contributed by atoms with Crippen molar-refractivity contribution in [2.75, 3.05) is 6.54 Å². The van der Waals surface area contributed by atoms with Crippen LogP contribution in [0.4, 0.5) is 4.79 Å². The molecule has 1 aromatic rings. The first-order chi connectivity index (χ1) is 8.28. The Bertz CT molecular complexity index is 411. The summed E-state index contributed by atoms with van der Waals surface area (Å²) in [6, 6.07) is 7.71. The number of ether oxygens (including phenoxy) is 1. The van der Waals surface area contributed by atoms with Gasteiger partial charge >= 0.3 is 6.09 Å². The molecular weight excluding hydrogens is 228 g/mol. The molecule has 0 spiro atoms. The van der Waals surface area contributed by atoms with E-state index in [1.165, 1.54) is 0 Å². The average Bonchev–Trinajstić information content (AvgIpc) is 2.23. The Balaban J connectivity index is 2.46. The molecule has 0 bridgehead atoms. The second-order valence-corrected chi connectivity index (χ2v) is 5.40. The largest absolute Gasteiger partial charge is 0.444 e. The van der Waals surface area contributed by atoms with Gasteiger partial charge in [-0.25, -0.2) is 4.79 Å². The van der Waals surface area contributed by atoms with Gasteiger partial charge in [0.2, 0.25) is 0 Å². The summed E-state index contributed by atoms with van der Waals surface area (Å²) in [7, 11) is 0. The van der Waals surface area contributed by atoms with Crippen molar-refractivity contribution >= 4 is 6.09 Å². The molecule has 4 nitrogen and oxygen atoms in total. The van der Waals surface area contributed by atoms with Gasteiger partial charge in [-0.1, -0.05) is 29.8 Å². The molecule has 0 saturated heterocycles. The van der Waals surface area contributed by atoms with Crippen LogP contribution in [0, 0.1) is 6.92 Å². The van der Waals surface area contributed by atoms with Crippen LogP contribution >= 0.6 is 0 Å². The Hall–Kier alpha value is -1.55. The zero-order valence-corrected chi connectivity index (χ0v) is 11.5. The van der Waals surface area contributed by atoms with E-state index >= 15 is 0 Å². The van der Waals surface area contributed by atoms with E-state index in [0.717, 1.165) is 11.1 Å². The molecule has 0 fully saturated rings. The van der Waals surface area contributed by atoms with Crippen LogP contribution in [0.5, 0.6) is 0 Å². The number of hydrogen-bond acceptors (Lipinski definition) is 3. The first-order valence-corrected chi connectivity index (χ1v) is 6.07. The van der Waals surface area contributed by atoms with Gasteiger partial charge in [0.05, 0.1) is 0 Å². The van der Waals surface area contributed by atoms with Crippen LogP contribution in [0.15, 0.2) is 24.3 Å². The second-order valence-electron chi connectivity index (χ2n) is 5.40. The van der Waals surface area contributed by atoms with E-state index in [1.807, 2.05) is 52.0 Å². The molecule has 0 radical (unpaired) electrons. The van der Waals surface area contributed by atoms with Crippen molar-refractivity contribution in [2.45, 2.75) is 39.3 Å². The second kappa shape index (κ2) is 5.87. The predicted molar refractivity (Wildman–Crippen MR) is 72.3 cm³/mol. The highest BCUT2D eigenvalue weighted by Crippen LogP contribution is 2.12. The summed E-state index contributed by atoms with van der Waals surface area (Å²) in [6.45, 7) is 7.85. The number of carbonyl (C=O) groups excluding carboxylic acids is 1. The van der Waals surface area contributed by atoms with E-state index in [-0.39, 0.29) is 6.04 Å². The van der Waals surface area contributed by atoms with Crippen LogP contribution in [0.25, 0.3) is 0 Å². The van der Waals surface area contributed by atoms with Gasteiger partial charge in [0, 0.05) is 12.6 Å². The normalized spacial score (nSPS) is 12.9. The molecule has 18 heavy (non-hydrogen) atoms. The standard InChI is InChI=1S/C14H22N2O2/c1-10-6-5-7-11(8-10)12(15)9-16-13(17)18-14(2,3)4/h5-8,12H,9,15H2,1-4H3,(H,16,17). The minimum atomic E-state index is -0.489. The fourth-order valence-corrected chi connectivity index (χ4v) is 1.53. The van der Waals surface area contributed by atoms with Crippen LogP contribution in [-0.2, 0) is 4.74 Å². The van der Waals surface area contributed by atoms with Crippen LogP contribution in [0.1, 0.15) is 37.9 Å². The number of nitrogens with two attached hydrogens (primary N) is 1. The van der Waals surface area contributed by atoms with E-state index in [2.05, 4.69) is 5.32 Å². The van der Waals surface area contributed by atoms with Crippen LogP contribution in [-0.4, -0.2) is 18.2 Å². The monoisotopic (exact) mass is 250 g/mol. The number of aryl methyl sites for hydroxylation is 1. The maximum atomic E-state index is 11.5. The molecule has 0 aliphatic rings. The van der Waals surface area contributed by atoms with Gasteiger partial charge in [-0.05, 0) is 33.3 Å². The highest BCUT2D eigenvalue weighted by molar-refractivity contribution is 5.67. The van der Waals surface area contributed by atoms with Crippen molar-refractivity contribution < 1.29 is 9.53 Å². The predicted octanol–water partition coefficient (Wildman–Crippen LogP) is 2.52. The average molecular weight is 250 g/mol. The number of alkyl carbamates (subject to hydrolysis) is 1. The topological polar surface area (TPSA) is 64.3 Å². The number of hydrogen-bond donors (Lipinski definition) is 2. The van der Waals surface area contributed by atoms with Crippen molar-refractivity contribution in [1.82, 2.24) is 5.32 Å². The number of rotatable bonds is 3. The lowest BCUT2D eigenvalue weighted by atomic mass is 10.1. The molecule has 1 aromatic carbocycles. The summed E-state index contributed by atoms with van der Waals surface area (Å²) in [5, 5.41) is 2.67. The van der Waals surface area contributed by atoms with E-state index in [0.29, 0.717) is 6.54 Å². The number of carbonyl (C=O) groups is 1. The van der Waals surface area contributed by atoms with Crippen LogP contribution in [0.2, 0.25) is 0 Å². The zero-order chi connectivity index (χ0) is 13.8. The molecular formula is C14H22N2O2. The third-order valence-corrected chi connectivity index (χ3v) is 2.34.